The van der Waals surface area contributed by atoms with Gasteiger partial charge in [0.05, 0.1) is 0 Å². The quantitative estimate of drug-likeness (QED) is 0.658. The zero-order chi connectivity index (χ0) is 8.81. The van der Waals surface area contributed by atoms with Crippen molar-refractivity contribution in [3.05, 3.63) is 29.8 Å². The van der Waals surface area contributed by atoms with Crippen molar-refractivity contribution in [2.45, 2.75) is 13.5 Å². The number of hydrogen-bond acceptors (Lipinski definition) is 2. The normalized spacial score (nSPS) is 11.2. The summed E-state index contributed by atoms with van der Waals surface area (Å²) in [6.07, 6.45) is 0. The minimum atomic E-state index is -0.476. The topological polar surface area (TPSA) is 35.2 Å². The summed E-state index contributed by atoms with van der Waals surface area (Å²) in [7, 11) is -0.476. The van der Waals surface area contributed by atoms with Crippen LogP contribution >= 0.6 is 0 Å². The predicted octanol–water partition coefficient (Wildman–Crippen LogP) is -0.109. The van der Waals surface area contributed by atoms with E-state index in [1.807, 2.05) is 6.92 Å². The highest BCUT2D eigenvalue weighted by Gasteiger charge is 1.93. The summed E-state index contributed by atoms with van der Waals surface area (Å²) < 4.78 is 5.40. The van der Waals surface area contributed by atoms with Gasteiger partial charge in [-0.1, -0.05) is 24.3 Å². The van der Waals surface area contributed by atoms with Gasteiger partial charge < -0.3 is 10.2 Å². The third kappa shape index (κ3) is 2.77. The Balaban J connectivity index is 2.53. The maximum absolute atomic E-state index is 5.48. The molecule has 0 spiro atoms. The summed E-state index contributed by atoms with van der Waals surface area (Å²) in [4.78, 5) is 0. The van der Waals surface area contributed by atoms with E-state index in [0.717, 1.165) is 6.61 Å². The van der Waals surface area contributed by atoms with Crippen LogP contribution in [0.2, 0.25) is 0 Å². The van der Waals surface area contributed by atoms with Crippen LogP contribution in [0, 0.1) is 0 Å². The first-order valence-electron chi connectivity index (χ1n) is 4.22. The molecule has 0 bridgehead atoms. The molecule has 0 heterocycles. The van der Waals surface area contributed by atoms with Crippen molar-refractivity contribution >= 4 is 14.9 Å². The molecule has 2 N–H and O–H groups in total. The zero-order valence-electron chi connectivity index (χ0n) is 7.42. The molecule has 0 amide bonds. The van der Waals surface area contributed by atoms with Gasteiger partial charge in [0.1, 0.15) is 0 Å². The molecule has 1 rings (SSSR count). The van der Waals surface area contributed by atoms with Crippen LogP contribution in [0.1, 0.15) is 12.5 Å². The lowest BCUT2D eigenvalue weighted by Gasteiger charge is -2.01. The van der Waals surface area contributed by atoms with E-state index in [4.69, 9.17) is 10.2 Å². The molecule has 0 radical (unpaired) electrons. The average molecular weight is 181 g/mol. The number of rotatable bonds is 4. The van der Waals surface area contributed by atoms with Gasteiger partial charge in [-0.2, -0.15) is 0 Å². The standard InChI is InChI=1S/C9H15NOSi/c1-2-11-12-9-5-3-8(7-10)4-6-9/h3-6H,2,7,10,12H2,1H3. The Morgan fingerprint density at radius 3 is 2.50 bits per heavy atom. The Morgan fingerprint density at radius 1 is 1.33 bits per heavy atom. The van der Waals surface area contributed by atoms with Gasteiger partial charge in [0.25, 0.3) is 0 Å². The Bertz CT molecular complexity index is 222. The number of nitrogens with two attached hydrogens (primary N) is 1. The molecule has 0 fully saturated rings. The molecular formula is C9H15NOSi. The second kappa shape index (κ2) is 5.08. The molecule has 1 aromatic rings. The van der Waals surface area contributed by atoms with Crippen LogP contribution < -0.4 is 10.9 Å². The monoisotopic (exact) mass is 181 g/mol. The maximum atomic E-state index is 5.48. The largest absolute Gasteiger partial charge is 0.419 e. The van der Waals surface area contributed by atoms with E-state index in [-0.39, 0.29) is 0 Å². The molecule has 0 aliphatic heterocycles. The summed E-state index contributed by atoms with van der Waals surface area (Å²) in [6, 6.07) is 8.37. The van der Waals surface area contributed by atoms with Gasteiger partial charge >= 0.3 is 0 Å². The molecule has 0 saturated heterocycles. The fourth-order valence-electron chi connectivity index (χ4n) is 0.991. The Labute approximate surface area is 75.7 Å². The van der Waals surface area contributed by atoms with Crippen LogP contribution in [0.3, 0.4) is 0 Å². The Hall–Kier alpha value is -0.643. The van der Waals surface area contributed by atoms with Gasteiger partial charge in [-0.25, -0.2) is 0 Å². The van der Waals surface area contributed by atoms with E-state index >= 15 is 0 Å². The van der Waals surface area contributed by atoms with Crippen LogP contribution in [0.4, 0.5) is 0 Å². The van der Waals surface area contributed by atoms with Gasteiger partial charge in [-0.3, -0.25) is 0 Å². The van der Waals surface area contributed by atoms with Crippen molar-refractivity contribution in [3.63, 3.8) is 0 Å². The predicted molar refractivity (Wildman–Crippen MR) is 54.1 cm³/mol. The van der Waals surface area contributed by atoms with E-state index < -0.39 is 9.76 Å². The van der Waals surface area contributed by atoms with Crippen LogP contribution in [0.5, 0.6) is 0 Å². The molecule has 0 unspecified atom stereocenters. The van der Waals surface area contributed by atoms with Gasteiger partial charge in [-0.05, 0) is 17.7 Å². The fraction of sp³-hybridized carbons (Fsp3) is 0.333. The van der Waals surface area contributed by atoms with E-state index in [1.54, 1.807) is 0 Å². The highest BCUT2D eigenvalue weighted by molar-refractivity contribution is 6.46. The SMILES string of the molecule is CCO[SiH2]c1ccc(CN)cc1. The summed E-state index contributed by atoms with van der Waals surface area (Å²) in [5, 5.41) is 1.34. The lowest BCUT2D eigenvalue weighted by atomic mass is 10.2. The molecule has 1 aromatic carbocycles. The Kier molecular flexibility index (Phi) is 4.00. The molecule has 12 heavy (non-hydrogen) atoms. The van der Waals surface area contributed by atoms with Crippen molar-refractivity contribution in [2.24, 2.45) is 5.73 Å². The van der Waals surface area contributed by atoms with Crippen LogP contribution in [-0.4, -0.2) is 16.4 Å². The van der Waals surface area contributed by atoms with Gasteiger partial charge in [-0.15, -0.1) is 0 Å². The minimum absolute atomic E-state index is 0.476. The second-order valence-electron chi connectivity index (χ2n) is 2.66. The molecule has 3 heteroatoms. The van der Waals surface area contributed by atoms with Crippen molar-refractivity contribution in [1.29, 1.82) is 0 Å². The summed E-state index contributed by atoms with van der Waals surface area (Å²) in [5.74, 6) is 0. The van der Waals surface area contributed by atoms with Crippen molar-refractivity contribution in [3.8, 4) is 0 Å². The first-order chi connectivity index (χ1) is 5.86. The van der Waals surface area contributed by atoms with Crippen LogP contribution in [0.25, 0.3) is 0 Å². The zero-order valence-corrected chi connectivity index (χ0v) is 8.83. The molecule has 0 atom stereocenters. The van der Waals surface area contributed by atoms with Crippen LogP contribution in [-0.2, 0) is 11.0 Å². The molecule has 2 nitrogen and oxygen atoms in total. The molecule has 0 aliphatic rings. The average Bonchev–Trinajstić information content (AvgIpc) is 2.15. The van der Waals surface area contributed by atoms with Crippen LogP contribution in [0.15, 0.2) is 24.3 Å². The van der Waals surface area contributed by atoms with Crippen molar-refractivity contribution in [1.82, 2.24) is 0 Å². The second-order valence-corrected chi connectivity index (χ2v) is 4.17. The Morgan fingerprint density at radius 2 is 2.00 bits per heavy atom. The van der Waals surface area contributed by atoms with Gasteiger partial charge in [0.2, 0.25) is 0 Å². The smallest absolute Gasteiger partial charge is 0.192 e. The maximum Gasteiger partial charge on any atom is 0.192 e. The van der Waals surface area contributed by atoms with E-state index in [1.165, 1.54) is 10.8 Å². The van der Waals surface area contributed by atoms with E-state index in [9.17, 15) is 0 Å². The van der Waals surface area contributed by atoms with Crippen molar-refractivity contribution in [2.75, 3.05) is 6.61 Å². The first kappa shape index (κ1) is 9.44. The lowest BCUT2D eigenvalue weighted by Crippen LogP contribution is -2.17. The third-order valence-electron chi connectivity index (χ3n) is 1.73. The molecular weight excluding hydrogens is 166 g/mol. The highest BCUT2D eigenvalue weighted by Crippen LogP contribution is 1.93. The first-order valence-corrected chi connectivity index (χ1v) is 5.51. The minimum Gasteiger partial charge on any atom is -0.419 e. The fourth-order valence-corrected chi connectivity index (χ4v) is 1.86. The molecule has 0 saturated carbocycles. The molecule has 66 valence electrons. The van der Waals surface area contributed by atoms with Gasteiger partial charge in [0, 0.05) is 13.2 Å². The lowest BCUT2D eigenvalue weighted by molar-refractivity contribution is 0.367. The summed E-state index contributed by atoms with van der Waals surface area (Å²) >= 11 is 0. The number of benzene rings is 1. The van der Waals surface area contributed by atoms with Crippen molar-refractivity contribution < 1.29 is 4.43 Å². The summed E-state index contributed by atoms with van der Waals surface area (Å²) in [6.45, 7) is 3.47. The number of hydrogen-bond donors (Lipinski definition) is 1. The molecule has 0 aromatic heterocycles. The summed E-state index contributed by atoms with van der Waals surface area (Å²) in [5.41, 5.74) is 6.66. The third-order valence-corrected chi connectivity index (χ3v) is 3.15. The van der Waals surface area contributed by atoms with Gasteiger partial charge in [0.15, 0.2) is 9.76 Å². The van der Waals surface area contributed by atoms with E-state index in [0.29, 0.717) is 6.54 Å². The highest BCUT2D eigenvalue weighted by atomic mass is 28.2. The van der Waals surface area contributed by atoms with E-state index in [2.05, 4.69) is 24.3 Å². The molecule has 0 aliphatic carbocycles.